The highest BCUT2D eigenvalue weighted by Gasteiger charge is 1.86. The first-order valence-corrected chi connectivity index (χ1v) is 2.93. The third kappa shape index (κ3) is 1.85. The maximum Gasteiger partial charge on any atom is 0.176 e. The van der Waals surface area contributed by atoms with E-state index in [2.05, 4.69) is 11.3 Å². The van der Waals surface area contributed by atoms with Crippen LogP contribution in [0.2, 0.25) is 0 Å². The first-order chi connectivity index (χ1) is 4.43. The fourth-order valence-corrected chi connectivity index (χ4v) is 0.620. The number of imidazole rings is 1. The van der Waals surface area contributed by atoms with E-state index in [4.69, 9.17) is 5.11 Å². The average molecular weight is 125 g/mol. The third-order valence-electron chi connectivity index (χ3n) is 1.06. The summed E-state index contributed by atoms with van der Waals surface area (Å²) < 4.78 is 1.82. The van der Waals surface area contributed by atoms with Gasteiger partial charge < -0.3 is 9.67 Å². The number of hydrogen-bond donors (Lipinski definition) is 1. The molecule has 0 aliphatic carbocycles. The van der Waals surface area contributed by atoms with Crippen molar-refractivity contribution in [3.8, 4) is 0 Å². The number of hydrogen-bond acceptors (Lipinski definition) is 2. The second kappa shape index (κ2) is 3.25. The molecule has 3 nitrogen and oxygen atoms in total. The van der Waals surface area contributed by atoms with E-state index in [9.17, 15) is 0 Å². The zero-order valence-electron chi connectivity index (χ0n) is 5.12. The summed E-state index contributed by atoms with van der Waals surface area (Å²) >= 11 is 0. The molecule has 0 saturated carbocycles. The van der Waals surface area contributed by atoms with E-state index in [0.717, 1.165) is 13.0 Å². The largest absolute Gasteiger partial charge is 0.396 e. The molecule has 1 radical (unpaired) electrons. The van der Waals surface area contributed by atoms with Crippen molar-refractivity contribution in [2.75, 3.05) is 6.61 Å². The molecule has 3 heteroatoms. The van der Waals surface area contributed by atoms with E-state index >= 15 is 0 Å². The highest BCUT2D eigenvalue weighted by molar-refractivity contribution is 4.71. The van der Waals surface area contributed by atoms with Crippen molar-refractivity contribution in [3.05, 3.63) is 18.7 Å². The van der Waals surface area contributed by atoms with E-state index in [1.54, 1.807) is 6.20 Å². The molecule has 0 aliphatic heterocycles. The zero-order valence-corrected chi connectivity index (χ0v) is 5.12. The summed E-state index contributed by atoms with van der Waals surface area (Å²) in [5, 5.41) is 8.42. The summed E-state index contributed by atoms with van der Waals surface area (Å²) in [5.74, 6) is 0. The summed E-state index contributed by atoms with van der Waals surface area (Å²) in [6.07, 6.45) is 7.01. The van der Waals surface area contributed by atoms with Gasteiger partial charge in [0, 0.05) is 25.5 Å². The molecule has 0 saturated heterocycles. The SMILES string of the molecule is OCCCn1[c]ncc1. The van der Waals surface area contributed by atoms with Gasteiger partial charge >= 0.3 is 0 Å². The Morgan fingerprint density at radius 2 is 2.56 bits per heavy atom. The first-order valence-electron chi connectivity index (χ1n) is 2.93. The molecule has 0 aromatic carbocycles. The van der Waals surface area contributed by atoms with Gasteiger partial charge in [0.1, 0.15) is 0 Å². The molecule has 0 aliphatic rings. The molecule has 1 heterocycles. The topological polar surface area (TPSA) is 38.0 Å². The predicted octanol–water partition coefficient (Wildman–Crippen LogP) is 0.0657. The fourth-order valence-electron chi connectivity index (χ4n) is 0.620. The maximum absolute atomic E-state index is 8.42. The number of aliphatic hydroxyl groups is 1. The van der Waals surface area contributed by atoms with Crippen molar-refractivity contribution >= 4 is 0 Å². The van der Waals surface area contributed by atoms with Gasteiger partial charge in [-0.25, -0.2) is 4.98 Å². The average Bonchev–Trinajstić information content (AvgIpc) is 2.34. The summed E-state index contributed by atoms with van der Waals surface area (Å²) in [6, 6.07) is 0. The fraction of sp³-hybridized carbons (Fsp3) is 0.500. The Hall–Kier alpha value is -0.830. The molecule has 0 bridgehead atoms. The summed E-state index contributed by atoms with van der Waals surface area (Å²) in [5.41, 5.74) is 0. The van der Waals surface area contributed by atoms with Crippen LogP contribution in [0.1, 0.15) is 6.42 Å². The molecule has 0 unspecified atom stereocenters. The number of nitrogens with zero attached hydrogens (tertiary/aromatic N) is 2. The Morgan fingerprint density at radius 3 is 3.11 bits per heavy atom. The Kier molecular flexibility index (Phi) is 2.27. The zero-order chi connectivity index (χ0) is 6.53. The lowest BCUT2D eigenvalue weighted by Crippen LogP contribution is -1.96. The molecule has 0 atom stereocenters. The minimum atomic E-state index is 0.228. The molecule has 0 amide bonds. The van der Waals surface area contributed by atoms with Gasteiger partial charge in [0.2, 0.25) is 0 Å². The predicted molar refractivity (Wildman–Crippen MR) is 32.8 cm³/mol. The molecular formula is C6H9N2O. The lowest BCUT2D eigenvalue weighted by Gasteiger charge is -1.95. The van der Waals surface area contributed by atoms with E-state index in [-0.39, 0.29) is 6.61 Å². The molecule has 0 fully saturated rings. The van der Waals surface area contributed by atoms with Crippen molar-refractivity contribution in [1.29, 1.82) is 0 Å². The van der Waals surface area contributed by atoms with Crippen molar-refractivity contribution in [1.82, 2.24) is 9.55 Å². The van der Waals surface area contributed by atoms with Crippen LogP contribution in [0.3, 0.4) is 0 Å². The number of aliphatic hydroxyl groups excluding tert-OH is 1. The van der Waals surface area contributed by atoms with Crippen LogP contribution in [-0.4, -0.2) is 21.3 Å². The summed E-state index contributed by atoms with van der Waals surface area (Å²) in [4.78, 5) is 3.73. The van der Waals surface area contributed by atoms with Crippen LogP contribution in [0.5, 0.6) is 0 Å². The van der Waals surface area contributed by atoms with Gasteiger partial charge in [0.05, 0.1) is 0 Å². The van der Waals surface area contributed by atoms with Gasteiger partial charge in [-0.15, -0.1) is 0 Å². The normalized spacial score (nSPS) is 9.89. The molecule has 1 rings (SSSR count). The second-order valence-electron chi connectivity index (χ2n) is 1.80. The Morgan fingerprint density at radius 1 is 1.67 bits per heavy atom. The molecule has 0 spiro atoms. The van der Waals surface area contributed by atoms with Crippen LogP contribution in [0, 0.1) is 6.33 Å². The van der Waals surface area contributed by atoms with Crippen molar-refractivity contribution in [2.45, 2.75) is 13.0 Å². The van der Waals surface area contributed by atoms with Crippen LogP contribution in [-0.2, 0) is 6.54 Å². The van der Waals surface area contributed by atoms with Crippen LogP contribution in [0.4, 0.5) is 0 Å². The Balaban J connectivity index is 2.30. The van der Waals surface area contributed by atoms with Crippen molar-refractivity contribution in [3.63, 3.8) is 0 Å². The van der Waals surface area contributed by atoms with E-state index < -0.39 is 0 Å². The van der Waals surface area contributed by atoms with Crippen LogP contribution in [0.25, 0.3) is 0 Å². The van der Waals surface area contributed by atoms with E-state index in [0.29, 0.717) is 0 Å². The van der Waals surface area contributed by atoms with Gasteiger partial charge in [0.25, 0.3) is 0 Å². The number of rotatable bonds is 3. The van der Waals surface area contributed by atoms with E-state index in [1.165, 1.54) is 0 Å². The highest BCUT2D eigenvalue weighted by Crippen LogP contribution is 1.86. The Bertz CT molecular complexity index is 148. The third-order valence-corrected chi connectivity index (χ3v) is 1.06. The number of aromatic nitrogens is 2. The summed E-state index contributed by atoms with van der Waals surface area (Å²) in [6.45, 7) is 1.03. The molecular weight excluding hydrogens is 116 g/mol. The number of aryl methyl sites for hydroxylation is 1. The summed E-state index contributed by atoms with van der Waals surface area (Å²) in [7, 11) is 0. The van der Waals surface area contributed by atoms with Gasteiger partial charge in [-0.3, -0.25) is 0 Å². The van der Waals surface area contributed by atoms with Crippen LogP contribution < -0.4 is 0 Å². The Labute approximate surface area is 54.0 Å². The van der Waals surface area contributed by atoms with Gasteiger partial charge in [-0.1, -0.05) is 0 Å². The first kappa shape index (κ1) is 6.29. The molecule has 9 heavy (non-hydrogen) atoms. The van der Waals surface area contributed by atoms with Crippen molar-refractivity contribution < 1.29 is 5.11 Å². The van der Waals surface area contributed by atoms with Gasteiger partial charge in [0.15, 0.2) is 6.33 Å². The molecule has 49 valence electrons. The monoisotopic (exact) mass is 125 g/mol. The smallest absolute Gasteiger partial charge is 0.176 e. The van der Waals surface area contributed by atoms with Gasteiger partial charge in [-0.2, -0.15) is 0 Å². The quantitative estimate of drug-likeness (QED) is 0.620. The van der Waals surface area contributed by atoms with Crippen molar-refractivity contribution in [2.24, 2.45) is 0 Å². The molecule has 1 N–H and O–H groups in total. The standard InChI is InChI=1S/C6H9N2O/c9-5-1-3-8-4-2-7-6-8/h2,4,9H,1,3,5H2. The lowest BCUT2D eigenvalue weighted by molar-refractivity contribution is 0.279. The second-order valence-corrected chi connectivity index (χ2v) is 1.80. The van der Waals surface area contributed by atoms with Gasteiger partial charge in [-0.05, 0) is 6.42 Å². The minimum absolute atomic E-state index is 0.228. The lowest BCUT2D eigenvalue weighted by atomic mass is 10.4. The van der Waals surface area contributed by atoms with E-state index in [1.807, 2.05) is 10.8 Å². The van der Waals surface area contributed by atoms with Crippen LogP contribution in [0.15, 0.2) is 12.4 Å². The molecule has 1 aromatic rings. The maximum atomic E-state index is 8.42. The molecule has 1 aromatic heterocycles. The van der Waals surface area contributed by atoms with Crippen LogP contribution >= 0.6 is 0 Å². The minimum Gasteiger partial charge on any atom is -0.396 e. The highest BCUT2D eigenvalue weighted by atomic mass is 16.3.